The molecule has 33 heavy (non-hydrogen) atoms. The molecular weight excluding hydrogens is 445 g/mol. The van der Waals surface area contributed by atoms with E-state index in [0.29, 0.717) is 42.0 Å². The van der Waals surface area contributed by atoms with Crippen LogP contribution in [0.1, 0.15) is 31.4 Å². The molecule has 4 heterocycles. The molecule has 176 valence electrons. The maximum absolute atomic E-state index is 13.1. The molecule has 0 aliphatic carbocycles. The summed E-state index contributed by atoms with van der Waals surface area (Å²) in [4.78, 5) is 26.4. The number of nitrogens with zero attached hydrogens (tertiary/aromatic N) is 5. The first-order valence-corrected chi connectivity index (χ1v) is 10.3. The van der Waals surface area contributed by atoms with Crippen LogP contribution < -0.4 is 10.2 Å². The Kier molecular flexibility index (Phi) is 6.20. The molecule has 3 aromatic rings. The number of ether oxygens (including phenoxy) is 1. The van der Waals surface area contributed by atoms with Gasteiger partial charge < -0.3 is 19.4 Å². The van der Waals surface area contributed by atoms with Crippen molar-refractivity contribution >= 4 is 23.3 Å². The number of fused-ring (bicyclic) bond motifs is 1. The summed E-state index contributed by atoms with van der Waals surface area (Å²) in [5, 5.41) is 13.3. The summed E-state index contributed by atoms with van der Waals surface area (Å²) in [7, 11) is 0. The normalized spacial score (nSPS) is 16.1. The topological polar surface area (TPSA) is 115 Å². The molecule has 1 N–H and O–H groups in total. The Morgan fingerprint density at radius 1 is 1.24 bits per heavy atom. The van der Waals surface area contributed by atoms with Crippen molar-refractivity contribution in [2.24, 2.45) is 5.92 Å². The van der Waals surface area contributed by atoms with Crippen molar-refractivity contribution in [1.29, 1.82) is 0 Å². The number of alkyl halides is 3. The van der Waals surface area contributed by atoms with E-state index in [0.717, 1.165) is 0 Å². The predicted octanol–water partition coefficient (Wildman–Crippen LogP) is 2.20. The summed E-state index contributed by atoms with van der Waals surface area (Å²) in [5.41, 5.74) is -0.0103. The Balaban J connectivity index is 1.31. The molecule has 13 heteroatoms. The van der Waals surface area contributed by atoms with Gasteiger partial charge in [-0.25, -0.2) is 0 Å². The Bertz CT molecular complexity index is 1120. The van der Waals surface area contributed by atoms with Crippen molar-refractivity contribution in [1.82, 2.24) is 25.1 Å². The highest BCUT2D eigenvalue weighted by atomic mass is 19.4. The first-order chi connectivity index (χ1) is 15.7. The van der Waals surface area contributed by atoms with Crippen LogP contribution in [-0.2, 0) is 27.0 Å². The van der Waals surface area contributed by atoms with Gasteiger partial charge in [-0.1, -0.05) is 0 Å². The first-order valence-electron chi connectivity index (χ1n) is 10.3. The van der Waals surface area contributed by atoms with E-state index in [1.807, 2.05) is 0 Å². The molecule has 0 spiro atoms. The summed E-state index contributed by atoms with van der Waals surface area (Å²) in [6.07, 6.45) is -3.33. The highest BCUT2D eigenvalue weighted by Gasteiger charge is 2.38. The van der Waals surface area contributed by atoms with E-state index in [-0.39, 0.29) is 12.2 Å². The molecule has 1 amide bonds. The largest absolute Gasteiger partial charge is 0.467 e. The fourth-order valence-electron chi connectivity index (χ4n) is 3.52. The van der Waals surface area contributed by atoms with Crippen LogP contribution in [0.3, 0.4) is 0 Å². The van der Waals surface area contributed by atoms with Crippen LogP contribution in [0.15, 0.2) is 34.9 Å². The van der Waals surface area contributed by atoms with Gasteiger partial charge in [0.05, 0.1) is 18.7 Å². The number of carbonyl (C=O) groups excluding carboxylic acids is 2. The zero-order chi connectivity index (χ0) is 23.6. The van der Waals surface area contributed by atoms with Gasteiger partial charge in [-0.15, -0.1) is 15.3 Å². The number of rotatable bonds is 6. The fourth-order valence-corrected chi connectivity index (χ4v) is 3.52. The second kappa shape index (κ2) is 9.08. The number of esters is 1. The predicted molar refractivity (Wildman–Crippen MR) is 107 cm³/mol. The van der Waals surface area contributed by atoms with Gasteiger partial charge in [0.15, 0.2) is 11.8 Å². The quantitative estimate of drug-likeness (QED) is 0.550. The van der Waals surface area contributed by atoms with Crippen molar-refractivity contribution in [3.05, 3.63) is 42.1 Å². The number of anilines is 1. The van der Waals surface area contributed by atoms with E-state index in [9.17, 15) is 22.8 Å². The molecule has 1 saturated heterocycles. The zero-order valence-corrected chi connectivity index (χ0v) is 17.6. The summed E-state index contributed by atoms with van der Waals surface area (Å²) in [5.74, 6) is -1.65. The molecule has 0 radical (unpaired) electrons. The molecule has 1 fully saturated rings. The van der Waals surface area contributed by atoms with Gasteiger partial charge in [-0.3, -0.25) is 9.59 Å². The van der Waals surface area contributed by atoms with Crippen molar-refractivity contribution in [2.45, 2.75) is 38.6 Å². The lowest BCUT2D eigenvalue weighted by Crippen LogP contribution is -2.40. The second-order valence-electron chi connectivity index (χ2n) is 7.62. The Hall–Kier alpha value is -3.64. The molecule has 10 nitrogen and oxygen atoms in total. The number of amides is 1. The lowest BCUT2D eigenvalue weighted by atomic mass is 9.97. The van der Waals surface area contributed by atoms with E-state index >= 15 is 0 Å². The third-order valence-electron chi connectivity index (χ3n) is 5.33. The SMILES string of the molecule is CC(OC(=O)C1CCN(c2ccc3nnc(C(F)(F)F)n3n2)CC1)C(=O)NCc1ccco1. The van der Waals surface area contributed by atoms with Gasteiger partial charge in [-0.2, -0.15) is 17.7 Å². The number of aromatic nitrogens is 4. The van der Waals surface area contributed by atoms with Gasteiger partial charge in [0.25, 0.3) is 11.7 Å². The average molecular weight is 466 g/mol. The van der Waals surface area contributed by atoms with E-state index in [4.69, 9.17) is 9.15 Å². The van der Waals surface area contributed by atoms with Crippen molar-refractivity contribution in [3.8, 4) is 0 Å². The van der Waals surface area contributed by atoms with E-state index in [2.05, 4.69) is 20.6 Å². The number of halogens is 3. The van der Waals surface area contributed by atoms with Crippen LogP contribution in [0, 0.1) is 5.92 Å². The monoisotopic (exact) mass is 466 g/mol. The summed E-state index contributed by atoms with van der Waals surface area (Å²) < 4.78 is 50.4. The van der Waals surface area contributed by atoms with Gasteiger partial charge in [0.1, 0.15) is 11.6 Å². The van der Waals surface area contributed by atoms with Gasteiger partial charge >= 0.3 is 12.1 Å². The van der Waals surface area contributed by atoms with Crippen molar-refractivity contribution < 1.29 is 31.9 Å². The standard InChI is InChI=1S/C20H21F3N6O4/c1-12(17(30)24-11-14-3-2-10-32-14)33-18(31)13-6-8-28(9-7-13)16-5-4-15-25-26-19(20(21,22)23)29(15)27-16/h2-5,10,12-13H,6-9,11H2,1H3,(H,24,30). The van der Waals surface area contributed by atoms with Gasteiger partial charge in [-0.05, 0) is 44.0 Å². The van der Waals surface area contributed by atoms with E-state index in [1.54, 1.807) is 23.1 Å². The maximum Gasteiger partial charge on any atom is 0.453 e. The van der Waals surface area contributed by atoms with Crippen LogP contribution in [0.25, 0.3) is 5.65 Å². The van der Waals surface area contributed by atoms with E-state index < -0.39 is 35.9 Å². The fraction of sp³-hybridized carbons (Fsp3) is 0.450. The molecule has 3 aromatic heterocycles. The summed E-state index contributed by atoms with van der Waals surface area (Å²) in [6.45, 7) is 2.45. The smallest absolute Gasteiger partial charge is 0.453 e. The molecule has 1 aliphatic rings. The van der Waals surface area contributed by atoms with Gasteiger partial charge in [0.2, 0.25) is 0 Å². The van der Waals surface area contributed by atoms with Crippen LogP contribution in [0.2, 0.25) is 0 Å². The van der Waals surface area contributed by atoms with Gasteiger partial charge in [0, 0.05) is 13.1 Å². The lowest BCUT2D eigenvalue weighted by Gasteiger charge is -2.32. The van der Waals surface area contributed by atoms with Crippen LogP contribution in [0.5, 0.6) is 0 Å². The second-order valence-corrected chi connectivity index (χ2v) is 7.62. The number of hydrogen-bond donors (Lipinski definition) is 1. The van der Waals surface area contributed by atoms with Crippen LogP contribution >= 0.6 is 0 Å². The zero-order valence-electron chi connectivity index (χ0n) is 17.6. The molecule has 1 atom stereocenters. The minimum atomic E-state index is -4.68. The molecule has 1 aliphatic heterocycles. The van der Waals surface area contributed by atoms with E-state index in [1.165, 1.54) is 19.3 Å². The van der Waals surface area contributed by atoms with Crippen molar-refractivity contribution in [3.63, 3.8) is 0 Å². The van der Waals surface area contributed by atoms with Crippen LogP contribution in [-0.4, -0.2) is 50.9 Å². The first kappa shape index (κ1) is 22.6. The molecule has 0 saturated carbocycles. The Labute approximate surface area is 185 Å². The summed E-state index contributed by atoms with van der Waals surface area (Å²) in [6, 6.07) is 6.39. The Morgan fingerprint density at radius 2 is 2.00 bits per heavy atom. The number of nitrogens with one attached hydrogen (secondary N) is 1. The maximum atomic E-state index is 13.1. The number of piperidine rings is 1. The number of carbonyl (C=O) groups is 2. The number of hydrogen-bond acceptors (Lipinski definition) is 8. The lowest BCUT2D eigenvalue weighted by molar-refractivity contribution is -0.159. The minimum absolute atomic E-state index is 0.0103. The third kappa shape index (κ3) is 5.07. The highest BCUT2D eigenvalue weighted by molar-refractivity contribution is 5.84. The molecular formula is C20H21F3N6O4. The van der Waals surface area contributed by atoms with Crippen LogP contribution in [0.4, 0.5) is 19.0 Å². The molecule has 1 unspecified atom stereocenters. The number of furan rings is 1. The van der Waals surface area contributed by atoms with Crippen molar-refractivity contribution in [2.75, 3.05) is 18.0 Å². The minimum Gasteiger partial charge on any atom is -0.467 e. The molecule has 4 rings (SSSR count). The average Bonchev–Trinajstić information content (AvgIpc) is 3.46. The third-order valence-corrected chi connectivity index (χ3v) is 5.33. The Morgan fingerprint density at radius 3 is 2.67 bits per heavy atom. The molecule has 0 aromatic carbocycles. The summed E-state index contributed by atoms with van der Waals surface area (Å²) >= 11 is 0. The molecule has 0 bridgehead atoms. The highest BCUT2D eigenvalue weighted by Crippen LogP contribution is 2.29.